The van der Waals surface area contributed by atoms with Gasteiger partial charge in [0.1, 0.15) is 12.0 Å². The fraction of sp³-hybridized carbons (Fsp3) is 0.417. The van der Waals surface area contributed by atoms with Crippen molar-refractivity contribution in [1.82, 2.24) is 0 Å². The Balaban J connectivity index is 2.41. The maximum atomic E-state index is 10.4. The molecule has 0 heterocycles. The molecule has 0 radical (unpaired) electrons. The molecule has 1 aromatic carbocycles. The van der Waals surface area contributed by atoms with Gasteiger partial charge < -0.3 is 9.84 Å². The Morgan fingerprint density at radius 1 is 1.33 bits per heavy atom. The number of carbonyl (C=O) groups is 1. The van der Waals surface area contributed by atoms with Gasteiger partial charge in [0.15, 0.2) is 0 Å². The van der Waals surface area contributed by atoms with Crippen molar-refractivity contribution in [3.8, 4) is 5.75 Å². The van der Waals surface area contributed by atoms with Crippen molar-refractivity contribution in [3.05, 3.63) is 29.8 Å². The Labute approximate surface area is 89.7 Å². The third-order valence-corrected chi connectivity index (χ3v) is 2.00. The van der Waals surface area contributed by atoms with Crippen molar-refractivity contribution in [2.75, 3.05) is 6.61 Å². The molecule has 3 nitrogen and oxygen atoms in total. The molecule has 0 aliphatic heterocycles. The highest BCUT2D eigenvalue weighted by Gasteiger charge is 2.11. The summed E-state index contributed by atoms with van der Waals surface area (Å²) in [4.78, 5) is 10.4. The lowest BCUT2D eigenvalue weighted by atomic mass is 10.1. The summed E-state index contributed by atoms with van der Waals surface area (Å²) in [5.74, 6) is 0.713. The first-order valence-corrected chi connectivity index (χ1v) is 4.92. The standard InChI is InChI=1S/C12H16O3/c1-12(2,14)7-8-15-11-5-3-10(9-13)4-6-11/h3-6,9,14H,7-8H2,1-2H3. The highest BCUT2D eigenvalue weighted by molar-refractivity contribution is 5.74. The molecule has 0 amide bonds. The molecule has 0 atom stereocenters. The first-order valence-electron chi connectivity index (χ1n) is 4.92. The van der Waals surface area contributed by atoms with Crippen LogP contribution in [0.5, 0.6) is 5.75 Å². The predicted octanol–water partition coefficient (Wildman–Crippen LogP) is 2.04. The smallest absolute Gasteiger partial charge is 0.150 e. The second-order valence-electron chi connectivity index (χ2n) is 4.10. The Morgan fingerprint density at radius 3 is 2.40 bits per heavy atom. The maximum Gasteiger partial charge on any atom is 0.150 e. The van der Waals surface area contributed by atoms with Crippen molar-refractivity contribution < 1.29 is 14.6 Å². The third-order valence-electron chi connectivity index (χ3n) is 2.00. The van der Waals surface area contributed by atoms with E-state index in [0.29, 0.717) is 24.3 Å². The fourth-order valence-corrected chi connectivity index (χ4v) is 1.06. The number of hydrogen-bond acceptors (Lipinski definition) is 3. The molecule has 0 aliphatic rings. The Morgan fingerprint density at radius 2 is 1.93 bits per heavy atom. The molecule has 0 aromatic heterocycles. The lowest BCUT2D eigenvalue weighted by Gasteiger charge is -2.16. The number of rotatable bonds is 5. The van der Waals surface area contributed by atoms with Gasteiger partial charge in [-0.3, -0.25) is 4.79 Å². The van der Waals surface area contributed by atoms with Crippen LogP contribution in [0.15, 0.2) is 24.3 Å². The predicted molar refractivity (Wildman–Crippen MR) is 58.2 cm³/mol. The SMILES string of the molecule is CC(C)(O)CCOc1ccc(C=O)cc1. The van der Waals surface area contributed by atoms with E-state index in [-0.39, 0.29) is 0 Å². The van der Waals surface area contributed by atoms with E-state index < -0.39 is 5.60 Å². The highest BCUT2D eigenvalue weighted by Crippen LogP contribution is 2.13. The van der Waals surface area contributed by atoms with E-state index in [4.69, 9.17) is 4.74 Å². The van der Waals surface area contributed by atoms with Gasteiger partial charge in [-0.25, -0.2) is 0 Å². The molecule has 0 spiro atoms. The number of aliphatic hydroxyl groups is 1. The molecule has 82 valence electrons. The summed E-state index contributed by atoms with van der Waals surface area (Å²) in [6.07, 6.45) is 1.36. The Bertz CT molecular complexity index is 309. The van der Waals surface area contributed by atoms with Crippen molar-refractivity contribution in [3.63, 3.8) is 0 Å². The van der Waals surface area contributed by atoms with Gasteiger partial charge in [0, 0.05) is 12.0 Å². The fourth-order valence-electron chi connectivity index (χ4n) is 1.06. The molecule has 1 rings (SSSR count). The molecule has 3 heteroatoms. The van der Waals surface area contributed by atoms with Crippen LogP contribution >= 0.6 is 0 Å². The zero-order valence-corrected chi connectivity index (χ0v) is 9.06. The molecule has 0 aliphatic carbocycles. The average molecular weight is 208 g/mol. The van der Waals surface area contributed by atoms with Gasteiger partial charge in [-0.15, -0.1) is 0 Å². The zero-order valence-electron chi connectivity index (χ0n) is 9.06. The van der Waals surface area contributed by atoms with Crippen LogP contribution in [0.25, 0.3) is 0 Å². The van der Waals surface area contributed by atoms with Gasteiger partial charge in [-0.05, 0) is 38.1 Å². The van der Waals surface area contributed by atoms with Crippen molar-refractivity contribution in [2.24, 2.45) is 0 Å². The molecular weight excluding hydrogens is 192 g/mol. The lowest BCUT2D eigenvalue weighted by molar-refractivity contribution is 0.0553. The summed E-state index contributed by atoms with van der Waals surface area (Å²) in [5, 5.41) is 9.45. The summed E-state index contributed by atoms with van der Waals surface area (Å²) >= 11 is 0. The summed E-state index contributed by atoms with van der Waals surface area (Å²) < 4.78 is 5.41. The average Bonchev–Trinajstić information content (AvgIpc) is 2.17. The highest BCUT2D eigenvalue weighted by atomic mass is 16.5. The second kappa shape index (κ2) is 4.94. The normalized spacial score (nSPS) is 11.1. The summed E-state index contributed by atoms with van der Waals surface area (Å²) in [7, 11) is 0. The number of carbonyl (C=O) groups excluding carboxylic acids is 1. The molecule has 0 saturated heterocycles. The number of ether oxygens (including phenoxy) is 1. The number of aldehydes is 1. The Kier molecular flexibility index (Phi) is 3.86. The summed E-state index contributed by atoms with van der Waals surface area (Å²) in [6.45, 7) is 3.95. The number of hydrogen-bond donors (Lipinski definition) is 1. The largest absolute Gasteiger partial charge is 0.493 e. The van der Waals surface area contributed by atoms with E-state index in [0.717, 1.165) is 6.29 Å². The molecule has 15 heavy (non-hydrogen) atoms. The molecule has 0 saturated carbocycles. The van der Waals surface area contributed by atoms with Crippen LogP contribution in [0.1, 0.15) is 30.6 Å². The summed E-state index contributed by atoms with van der Waals surface area (Å²) in [5.41, 5.74) is -0.0761. The first kappa shape index (κ1) is 11.7. The van der Waals surface area contributed by atoms with Crippen molar-refractivity contribution >= 4 is 6.29 Å². The zero-order chi connectivity index (χ0) is 11.3. The molecule has 0 unspecified atom stereocenters. The van der Waals surface area contributed by atoms with Gasteiger partial charge in [-0.2, -0.15) is 0 Å². The minimum atomic E-state index is -0.706. The monoisotopic (exact) mass is 208 g/mol. The van der Waals surface area contributed by atoms with E-state index >= 15 is 0 Å². The second-order valence-corrected chi connectivity index (χ2v) is 4.10. The van der Waals surface area contributed by atoms with Crippen LogP contribution in [0.4, 0.5) is 0 Å². The molecular formula is C12H16O3. The number of benzene rings is 1. The van der Waals surface area contributed by atoms with E-state index in [9.17, 15) is 9.90 Å². The van der Waals surface area contributed by atoms with Gasteiger partial charge in [0.2, 0.25) is 0 Å². The lowest BCUT2D eigenvalue weighted by Crippen LogP contribution is -2.21. The van der Waals surface area contributed by atoms with Gasteiger partial charge >= 0.3 is 0 Å². The van der Waals surface area contributed by atoms with E-state index in [1.807, 2.05) is 0 Å². The van der Waals surface area contributed by atoms with Crippen LogP contribution in [-0.4, -0.2) is 23.6 Å². The van der Waals surface area contributed by atoms with E-state index in [1.165, 1.54) is 0 Å². The van der Waals surface area contributed by atoms with Crippen molar-refractivity contribution in [2.45, 2.75) is 25.9 Å². The summed E-state index contributed by atoms with van der Waals surface area (Å²) in [6, 6.07) is 6.89. The van der Waals surface area contributed by atoms with E-state index in [1.54, 1.807) is 38.1 Å². The molecule has 0 fully saturated rings. The van der Waals surface area contributed by atoms with Crippen LogP contribution in [0.2, 0.25) is 0 Å². The van der Waals surface area contributed by atoms with Gasteiger partial charge in [0.25, 0.3) is 0 Å². The molecule has 0 bridgehead atoms. The first-order chi connectivity index (χ1) is 7.01. The van der Waals surface area contributed by atoms with Crippen LogP contribution in [0, 0.1) is 0 Å². The maximum absolute atomic E-state index is 10.4. The van der Waals surface area contributed by atoms with Crippen LogP contribution in [-0.2, 0) is 0 Å². The minimum absolute atomic E-state index is 0.462. The topological polar surface area (TPSA) is 46.5 Å². The quantitative estimate of drug-likeness (QED) is 0.753. The van der Waals surface area contributed by atoms with E-state index in [2.05, 4.69) is 0 Å². The van der Waals surface area contributed by atoms with Gasteiger partial charge in [0.05, 0.1) is 12.2 Å². The van der Waals surface area contributed by atoms with Crippen LogP contribution < -0.4 is 4.74 Å². The molecule has 1 N–H and O–H groups in total. The minimum Gasteiger partial charge on any atom is -0.493 e. The van der Waals surface area contributed by atoms with Crippen LogP contribution in [0.3, 0.4) is 0 Å². The van der Waals surface area contributed by atoms with Gasteiger partial charge in [-0.1, -0.05) is 0 Å². The third kappa shape index (κ3) is 4.61. The van der Waals surface area contributed by atoms with Crippen molar-refractivity contribution in [1.29, 1.82) is 0 Å². The Hall–Kier alpha value is -1.35. The molecule has 1 aromatic rings.